The molecule has 4 heterocycles. The lowest BCUT2D eigenvalue weighted by molar-refractivity contribution is 0.117. The van der Waals surface area contributed by atoms with Gasteiger partial charge in [0.05, 0.1) is 47.0 Å². The third kappa shape index (κ3) is 3.92. The van der Waals surface area contributed by atoms with E-state index in [1.807, 2.05) is 41.3 Å². The molecule has 2 atom stereocenters. The maximum absolute atomic E-state index is 15.2. The zero-order valence-electron chi connectivity index (χ0n) is 18.3. The second kappa shape index (κ2) is 8.77. The molecule has 0 saturated carbocycles. The molecule has 2 aliphatic rings. The summed E-state index contributed by atoms with van der Waals surface area (Å²) in [5, 5.41) is 11.1. The highest BCUT2D eigenvalue weighted by Crippen LogP contribution is 2.34. The predicted octanol–water partition coefficient (Wildman–Crippen LogP) is 4.22. The van der Waals surface area contributed by atoms with Gasteiger partial charge in [-0.25, -0.2) is 9.37 Å². The average molecular weight is 479 g/mol. The van der Waals surface area contributed by atoms with Gasteiger partial charge in [-0.15, -0.1) is 0 Å². The minimum absolute atomic E-state index is 0.0281. The van der Waals surface area contributed by atoms with E-state index in [2.05, 4.69) is 25.5 Å². The highest BCUT2D eigenvalue weighted by atomic mass is 32.2. The molecule has 10 heteroatoms. The highest BCUT2D eigenvalue weighted by molar-refractivity contribution is 7.85. The molecule has 0 spiro atoms. The van der Waals surface area contributed by atoms with Crippen LogP contribution in [0.5, 0.6) is 0 Å². The Morgan fingerprint density at radius 3 is 3.09 bits per heavy atom. The summed E-state index contributed by atoms with van der Waals surface area (Å²) >= 11 is 0. The molecule has 174 valence electrons. The van der Waals surface area contributed by atoms with Gasteiger partial charge >= 0.3 is 0 Å². The Balaban J connectivity index is 1.38. The number of H-pyrrole nitrogens is 1. The van der Waals surface area contributed by atoms with Gasteiger partial charge in [0, 0.05) is 28.3 Å². The van der Waals surface area contributed by atoms with Crippen LogP contribution in [0.4, 0.5) is 27.5 Å². The van der Waals surface area contributed by atoms with E-state index in [0.29, 0.717) is 24.6 Å². The van der Waals surface area contributed by atoms with Crippen LogP contribution in [-0.2, 0) is 22.0 Å². The number of anilines is 4. The molecular weight excluding hydrogens is 455 g/mol. The second-order valence-electron chi connectivity index (χ2n) is 8.47. The van der Waals surface area contributed by atoms with Gasteiger partial charge in [0.1, 0.15) is 0 Å². The summed E-state index contributed by atoms with van der Waals surface area (Å²) in [6.07, 6.45) is 5.58. The predicted molar refractivity (Wildman–Crippen MR) is 129 cm³/mol. The van der Waals surface area contributed by atoms with Gasteiger partial charge in [-0.2, -0.15) is 10.1 Å². The van der Waals surface area contributed by atoms with Crippen molar-refractivity contribution in [3.05, 3.63) is 60.2 Å². The van der Waals surface area contributed by atoms with Gasteiger partial charge in [0.2, 0.25) is 5.95 Å². The van der Waals surface area contributed by atoms with Crippen molar-refractivity contribution in [2.45, 2.75) is 30.3 Å². The molecule has 2 aromatic heterocycles. The van der Waals surface area contributed by atoms with Crippen molar-refractivity contribution in [2.24, 2.45) is 0 Å². The van der Waals surface area contributed by atoms with E-state index in [9.17, 15) is 4.21 Å². The lowest BCUT2D eigenvalue weighted by Gasteiger charge is -2.27. The van der Waals surface area contributed by atoms with Crippen LogP contribution < -0.4 is 10.2 Å². The fourth-order valence-electron chi connectivity index (χ4n) is 4.58. The van der Waals surface area contributed by atoms with E-state index in [0.717, 1.165) is 46.3 Å². The molecule has 34 heavy (non-hydrogen) atoms. The number of aromatic amines is 1. The van der Waals surface area contributed by atoms with Crippen molar-refractivity contribution in [3.8, 4) is 0 Å². The standard InChI is InChI=1S/C24H23FN6O2S/c25-19-13-26-24(28-16-7-6-15-8-10-34(32)22(15)11-16)29-23(19)31(14-17-3-2-9-33-17)21-5-1-4-20-18(21)12-27-30-20/h1,4-7,11-13,17H,2-3,8-10,14H2,(H,27,30)(H,26,28,29). The van der Waals surface area contributed by atoms with Gasteiger partial charge < -0.3 is 15.0 Å². The Labute approximate surface area is 198 Å². The average Bonchev–Trinajstić information content (AvgIpc) is 3.61. The Morgan fingerprint density at radius 2 is 2.21 bits per heavy atom. The number of fused-ring (bicyclic) bond motifs is 2. The number of hydrogen-bond acceptors (Lipinski definition) is 7. The van der Waals surface area contributed by atoms with Crippen LogP contribution in [0, 0.1) is 5.82 Å². The minimum Gasteiger partial charge on any atom is -0.376 e. The molecule has 4 aromatic rings. The molecule has 1 fully saturated rings. The van der Waals surface area contributed by atoms with Crippen LogP contribution in [0.1, 0.15) is 18.4 Å². The summed E-state index contributed by atoms with van der Waals surface area (Å²) in [7, 11) is -0.991. The number of nitrogens with zero attached hydrogens (tertiary/aromatic N) is 4. The molecule has 1 saturated heterocycles. The summed E-state index contributed by atoms with van der Waals surface area (Å²) in [5.74, 6) is 0.538. The SMILES string of the molecule is O=S1CCc2ccc(Nc3ncc(F)c(N(CC4CCCO4)c4cccc5[nH]ncc45)n3)cc21. The molecule has 2 aromatic carbocycles. The first-order valence-corrected chi connectivity index (χ1v) is 12.6. The molecule has 6 rings (SSSR count). The van der Waals surface area contributed by atoms with Crippen LogP contribution in [0.25, 0.3) is 10.9 Å². The van der Waals surface area contributed by atoms with E-state index in [1.54, 1.807) is 6.20 Å². The number of aromatic nitrogens is 4. The molecule has 0 radical (unpaired) electrons. The Bertz CT molecular complexity index is 1390. The molecule has 2 aliphatic heterocycles. The van der Waals surface area contributed by atoms with Crippen LogP contribution in [-0.4, -0.2) is 49.4 Å². The zero-order chi connectivity index (χ0) is 23.1. The molecular formula is C24H23FN6O2S. The number of rotatable bonds is 6. The molecule has 2 unspecified atom stereocenters. The number of nitrogens with one attached hydrogen (secondary N) is 2. The largest absolute Gasteiger partial charge is 0.376 e. The fraction of sp³-hybridized carbons (Fsp3) is 0.292. The van der Waals surface area contributed by atoms with E-state index < -0.39 is 16.6 Å². The molecule has 0 amide bonds. The third-order valence-electron chi connectivity index (χ3n) is 6.27. The summed E-state index contributed by atoms with van der Waals surface area (Å²) < 4.78 is 33.3. The molecule has 8 nitrogen and oxygen atoms in total. The number of aryl methyl sites for hydroxylation is 1. The van der Waals surface area contributed by atoms with Crippen LogP contribution in [0.3, 0.4) is 0 Å². The zero-order valence-corrected chi connectivity index (χ0v) is 19.1. The van der Waals surface area contributed by atoms with Crippen molar-refractivity contribution in [1.29, 1.82) is 0 Å². The van der Waals surface area contributed by atoms with Gasteiger partial charge in [-0.1, -0.05) is 12.1 Å². The summed E-state index contributed by atoms with van der Waals surface area (Å²) in [6, 6.07) is 11.5. The number of hydrogen-bond donors (Lipinski definition) is 2. The third-order valence-corrected chi connectivity index (χ3v) is 7.71. The van der Waals surface area contributed by atoms with E-state index in [1.165, 1.54) is 6.20 Å². The Kier molecular flexibility index (Phi) is 5.46. The maximum Gasteiger partial charge on any atom is 0.229 e. The number of halogens is 1. The van der Waals surface area contributed by atoms with Gasteiger partial charge in [-0.3, -0.25) is 9.31 Å². The quantitative estimate of drug-likeness (QED) is 0.428. The summed E-state index contributed by atoms with van der Waals surface area (Å²) in [5.41, 5.74) is 3.46. The summed E-state index contributed by atoms with van der Waals surface area (Å²) in [6.45, 7) is 1.16. The van der Waals surface area contributed by atoms with E-state index in [-0.39, 0.29) is 17.9 Å². The maximum atomic E-state index is 15.2. The van der Waals surface area contributed by atoms with Gasteiger partial charge in [0.15, 0.2) is 11.6 Å². The first-order chi connectivity index (χ1) is 16.7. The summed E-state index contributed by atoms with van der Waals surface area (Å²) in [4.78, 5) is 11.4. The van der Waals surface area contributed by atoms with Crippen molar-refractivity contribution in [1.82, 2.24) is 20.2 Å². The van der Waals surface area contributed by atoms with Gasteiger partial charge in [-0.05, 0) is 49.1 Å². The number of benzene rings is 2. The number of ether oxygens (including phenoxy) is 1. The van der Waals surface area contributed by atoms with Crippen molar-refractivity contribution < 1.29 is 13.3 Å². The fourth-order valence-corrected chi connectivity index (χ4v) is 5.93. The minimum atomic E-state index is -0.991. The van der Waals surface area contributed by atoms with Crippen LogP contribution in [0.2, 0.25) is 0 Å². The monoisotopic (exact) mass is 478 g/mol. The van der Waals surface area contributed by atoms with Crippen molar-refractivity contribution in [2.75, 3.05) is 29.1 Å². The van der Waals surface area contributed by atoms with Crippen molar-refractivity contribution in [3.63, 3.8) is 0 Å². The smallest absolute Gasteiger partial charge is 0.229 e. The topological polar surface area (TPSA) is 96.0 Å². The van der Waals surface area contributed by atoms with Crippen molar-refractivity contribution >= 4 is 44.8 Å². The lowest BCUT2D eigenvalue weighted by atomic mass is 10.1. The van der Waals surface area contributed by atoms with E-state index >= 15 is 4.39 Å². The van der Waals surface area contributed by atoms with Gasteiger partial charge in [0.25, 0.3) is 0 Å². The first-order valence-electron chi connectivity index (χ1n) is 11.3. The Hall–Kier alpha value is -3.37. The highest BCUT2D eigenvalue weighted by Gasteiger charge is 2.26. The molecule has 0 bridgehead atoms. The van der Waals surface area contributed by atoms with Crippen LogP contribution >= 0.6 is 0 Å². The molecule has 2 N–H and O–H groups in total. The first kappa shape index (κ1) is 21.2. The van der Waals surface area contributed by atoms with E-state index in [4.69, 9.17) is 4.74 Å². The molecule has 0 aliphatic carbocycles. The second-order valence-corrected chi connectivity index (χ2v) is 10.0. The lowest BCUT2D eigenvalue weighted by Crippen LogP contribution is -2.30. The Morgan fingerprint density at radius 1 is 1.26 bits per heavy atom. The van der Waals surface area contributed by atoms with Crippen LogP contribution in [0.15, 0.2) is 53.7 Å². The normalized spacial score (nSPS) is 19.4.